The summed E-state index contributed by atoms with van der Waals surface area (Å²) in [5.41, 5.74) is 0. The van der Waals surface area contributed by atoms with Gasteiger partial charge in [-0.3, -0.25) is 4.79 Å². The maximum atomic E-state index is 12.1. The van der Waals surface area contributed by atoms with Gasteiger partial charge >= 0.3 is 0 Å². The number of hydrogen-bond donors (Lipinski definition) is 0. The van der Waals surface area contributed by atoms with Crippen LogP contribution in [-0.4, -0.2) is 11.6 Å². The van der Waals surface area contributed by atoms with Gasteiger partial charge in [0, 0.05) is 19.3 Å². The first-order valence-electron chi connectivity index (χ1n) is 17.2. The van der Waals surface area contributed by atoms with Crippen molar-refractivity contribution in [2.45, 2.75) is 213 Å². The van der Waals surface area contributed by atoms with Gasteiger partial charge in [-0.1, -0.05) is 167 Å². The summed E-state index contributed by atoms with van der Waals surface area (Å²) in [6, 6.07) is 0. The van der Waals surface area contributed by atoms with Gasteiger partial charge in [-0.2, -0.15) is 0 Å². The van der Waals surface area contributed by atoms with Crippen molar-refractivity contribution in [2.75, 3.05) is 0 Å². The molecule has 0 aromatic carbocycles. The summed E-state index contributed by atoms with van der Waals surface area (Å²) in [6.07, 6.45) is 40.0. The van der Waals surface area contributed by atoms with Crippen molar-refractivity contribution in [3.8, 4) is 0 Å². The van der Waals surface area contributed by atoms with Gasteiger partial charge in [0.25, 0.3) is 0 Å². The Hall–Kier alpha value is -0.660. The van der Waals surface area contributed by atoms with E-state index < -0.39 is 0 Å². The molecule has 220 valence electrons. The van der Waals surface area contributed by atoms with Gasteiger partial charge in [-0.15, -0.1) is 0 Å². The average Bonchev–Trinajstić information content (AvgIpc) is 2.88. The number of carbonyl (C=O) groups is 2. The van der Waals surface area contributed by atoms with E-state index in [9.17, 15) is 9.59 Å². The van der Waals surface area contributed by atoms with Crippen LogP contribution < -0.4 is 0 Å². The molecular weight excluding hydrogens is 452 g/mol. The van der Waals surface area contributed by atoms with Crippen LogP contribution in [-0.2, 0) is 9.59 Å². The van der Waals surface area contributed by atoms with Crippen molar-refractivity contribution in [3.05, 3.63) is 0 Å². The van der Waals surface area contributed by atoms with Gasteiger partial charge in [-0.25, -0.2) is 0 Å². The molecule has 0 aromatic rings. The molecule has 0 fully saturated rings. The number of rotatable bonds is 32. The number of ketones is 2. The van der Waals surface area contributed by atoms with Crippen LogP contribution in [0.2, 0.25) is 0 Å². The highest BCUT2D eigenvalue weighted by Gasteiger charge is 2.02. The van der Waals surface area contributed by atoms with Crippen LogP contribution in [0, 0.1) is 0 Å². The summed E-state index contributed by atoms with van der Waals surface area (Å²) in [6.45, 7) is 3.98. The molecule has 0 radical (unpaired) electrons. The second-order valence-electron chi connectivity index (χ2n) is 12.0. The maximum Gasteiger partial charge on any atom is 0.132 e. The lowest BCUT2D eigenvalue weighted by atomic mass is 10.0. The van der Waals surface area contributed by atoms with Gasteiger partial charge in [-0.05, 0) is 26.2 Å². The van der Waals surface area contributed by atoms with Crippen molar-refractivity contribution in [2.24, 2.45) is 0 Å². The molecule has 2 heteroatoms. The Balaban J connectivity index is 3.15. The third kappa shape index (κ3) is 33.3. The smallest absolute Gasteiger partial charge is 0.132 e. The highest BCUT2D eigenvalue weighted by molar-refractivity contribution is 5.78. The zero-order valence-corrected chi connectivity index (χ0v) is 25.7. The van der Waals surface area contributed by atoms with E-state index in [1.807, 2.05) is 0 Å². The second-order valence-corrected chi connectivity index (χ2v) is 12.0. The Morgan fingerprint density at radius 2 is 0.541 bits per heavy atom. The Kier molecular flexibility index (Phi) is 31.0. The van der Waals surface area contributed by atoms with E-state index in [-0.39, 0.29) is 0 Å². The summed E-state index contributed by atoms with van der Waals surface area (Å²) in [7, 11) is 0. The quantitative estimate of drug-likeness (QED) is 0.0826. The Labute approximate surface area is 233 Å². The summed E-state index contributed by atoms with van der Waals surface area (Å²) >= 11 is 0. The number of carbonyl (C=O) groups excluding carboxylic acids is 2. The molecule has 0 aromatic heterocycles. The fourth-order valence-corrected chi connectivity index (χ4v) is 5.46. The minimum absolute atomic E-state index is 0.338. The lowest BCUT2D eigenvalue weighted by molar-refractivity contribution is -0.119. The van der Waals surface area contributed by atoms with Crippen molar-refractivity contribution in [3.63, 3.8) is 0 Å². The van der Waals surface area contributed by atoms with E-state index in [0.29, 0.717) is 11.6 Å². The van der Waals surface area contributed by atoms with Crippen LogP contribution in [0.3, 0.4) is 0 Å². The zero-order valence-electron chi connectivity index (χ0n) is 25.7. The van der Waals surface area contributed by atoms with Gasteiger partial charge in [0.2, 0.25) is 0 Å². The van der Waals surface area contributed by atoms with Crippen molar-refractivity contribution < 1.29 is 9.59 Å². The third-order valence-corrected chi connectivity index (χ3v) is 8.04. The molecule has 0 unspecified atom stereocenters. The number of hydrogen-bond acceptors (Lipinski definition) is 2. The molecule has 0 aliphatic carbocycles. The molecule has 0 rings (SSSR count). The van der Waals surface area contributed by atoms with Crippen LogP contribution in [0.4, 0.5) is 0 Å². The Morgan fingerprint density at radius 3 is 0.784 bits per heavy atom. The lowest BCUT2D eigenvalue weighted by Crippen LogP contribution is -1.97. The van der Waals surface area contributed by atoms with Gasteiger partial charge < -0.3 is 4.79 Å². The van der Waals surface area contributed by atoms with Gasteiger partial charge in [0.1, 0.15) is 11.6 Å². The van der Waals surface area contributed by atoms with Crippen LogP contribution in [0.25, 0.3) is 0 Å². The van der Waals surface area contributed by atoms with Crippen molar-refractivity contribution in [1.82, 2.24) is 0 Å². The van der Waals surface area contributed by atoms with Crippen molar-refractivity contribution in [1.29, 1.82) is 0 Å². The molecule has 0 bridgehead atoms. The highest BCUT2D eigenvalue weighted by atomic mass is 16.1. The van der Waals surface area contributed by atoms with E-state index in [4.69, 9.17) is 0 Å². The normalized spacial score (nSPS) is 11.3. The minimum atomic E-state index is 0.338. The molecule has 0 atom stereocenters. The fourth-order valence-electron chi connectivity index (χ4n) is 5.46. The van der Waals surface area contributed by atoms with E-state index in [1.54, 1.807) is 6.92 Å². The minimum Gasteiger partial charge on any atom is -0.300 e. The first kappa shape index (κ1) is 36.3. The Morgan fingerprint density at radius 1 is 0.324 bits per heavy atom. The zero-order chi connectivity index (χ0) is 27.1. The summed E-state index contributed by atoms with van der Waals surface area (Å²) < 4.78 is 0. The molecular formula is C35H68O2. The second kappa shape index (κ2) is 31.6. The summed E-state index contributed by atoms with van der Waals surface area (Å²) in [5, 5.41) is 0. The lowest BCUT2D eigenvalue weighted by Gasteiger charge is -2.04. The van der Waals surface area contributed by atoms with Crippen LogP contribution in [0.5, 0.6) is 0 Å². The predicted octanol–water partition coefficient (Wildman–Crippen LogP) is 12.3. The topological polar surface area (TPSA) is 34.1 Å². The molecule has 0 saturated carbocycles. The monoisotopic (exact) mass is 521 g/mol. The largest absolute Gasteiger partial charge is 0.300 e. The molecule has 0 spiro atoms. The molecule has 0 aliphatic heterocycles. The maximum absolute atomic E-state index is 12.1. The summed E-state index contributed by atoms with van der Waals surface area (Å²) in [4.78, 5) is 23.0. The molecule has 37 heavy (non-hydrogen) atoms. The average molecular weight is 521 g/mol. The standard InChI is InChI=1S/C35H68O2/c1-3-4-5-6-7-8-9-13-17-20-23-26-29-32-35(37)33-30-27-24-21-18-15-12-10-11-14-16-19-22-25-28-31-34(2)36/h3-33H2,1-2H3. The first-order chi connectivity index (χ1) is 18.2. The number of Topliss-reactive ketones (excluding diaryl/α,β-unsaturated/α-hetero) is 2. The van der Waals surface area contributed by atoms with Gasteiger partial charge in [0.05, 0.1) is 0 Å². The van der Waals surface area contributed by atoms with E-state index in [1.165, 1.54) is 161 Å². The molecule has 0 heterocycles. The molecule has 0 amide bonds. The fraction of sp³-hybridized carbons (Fsp3) is 0.943. The van der Waals surface area contributed by atoms with E-state index >= 15 is 0 Å². The van der Waals surface area contributed by atoms with Gasteiger partial charge in [0.15, 0.2) is 0 Å². The summed E-state index contributed by atoms with van der Waals surface area (Å²) in [5.74, 6) is 0.852. The molecule has 2 nitrogen and oxygen atoms in total. The van der Waals surface area contributed by atoms with Crippen LogP contribution >= 0.6 is 0 Å². The third-order valence-electron chi connectivity index (χ3n) is 8.04. The van der Waals surface area contributed by atoms with E-state index in [2.05, 4.69) is 6.92 Å². The molecule has 0 saturated heterocycles. The molecule has 0 N–H and O–H groups in total. The van der Waals surface area contributed by atoms with Crippen molar-refractivity contribution >= 4 is 11.6 Å². The Bertz CT molecular complexity index is 470. The number of unbranched alkanes of at least 4 members (excludes halogenated alkanes) is 26. The SMILES string of the molecule is CCCCCCCCCCCCCCCC(=O)CCCCCCCCCCCCCCCCCC(C)=O. The predicted molar refractivity (Wildman–Crippen MR) is 164 cm³/mol. The molecule has 0 aliphatic rings. The highest BCUT2D eigenvalue weighted by Crippen LogP contribution is 2.16. The first-order valence-corrected chi connectivity index (χ1v) is 17.2. The van der Waals surface area contributed by atoms with E-state index in [0.717, 1.165) is 38.5 Å². The van der Waals surface area contributed by atoms with Crippen LogP contribution in [0.1, 0.15) is 213 Å². The van der Waals surface area contributed by atoms with Crippen LogP contribution in [0.15, 0.2) is 0 Å².